The van der Waals surface area contributed by atoms with Gasteiger partial charge in [-0.15, -0.1) is 0 Å². The van der Waals surface area contributed by atoms with E-state index in [9.17, 15) is 9.59 Å². The molecule has 7 heteroatoms. The molecular weight excluding hydrogens is 456 g/mol. The Morgan fingerprint density at radius 2 is 1.53 bits per heavy atom. The SMILES string of the molecule is CC1CN(c2ccc3c(c2)Oc2cc(N4CC(CC(=O)O)C4)ccc2C32OC(=O)c3ccccc32)C1. The Hall–Kier alpha value is -4.00. The topological polar surface area (TPSA) is 79.3 Å². The molecule has 4 aliphatic rings. The molecule has 7 nitrogen and oxygen atoms in total. The Morgan fingerprint density at radius 1 is 0.917 bits per heavy atom. The van der Waals surface area contributed by atoms with Crippen molar-refractivity contribution < 1.29 is 24.2 Å². The molecule has 0 radical (unpaired) electrons. The second-order valence-electron chi connectivity index (χ2n) is 10.5. The van der Waals surface area contributed by atoms with E-state index in [1.807, 2.05) is 48.5 Å². The molecule has 4 aliphatic heterocycles. The van der Waals surface area contributed by atoms with Crippen molar-refractivity contribution in [3.8, 4) is 11.5 Å². The van der Waals surface area contributed by atoms with E-state index >= 15 is 0 Å². The molecule has 3 aromatic rings. The smallest absolute Gasteiger partial charge is 0.340 e. The third kappa shape index (κ3) is 2.98. The molecule has 7 rings (SSSR count). The van der Waals surface area contributed by atoms with E-state index in [2.05, 4.69) is 28.9 Å². The van der Waals surface area contributed by atoms with Crippen molar-refractivity contribution in [1.29, 1.82) is 0 Å². The quantitative estimate of drug-likeness (QED) is 0.544. The molecule has 0 bridgehead atoms. The van der Waals surface area contributed by atoms with Gasteiger partial charge in [-0.25, -0.2) is 4.79 Å². The second-order valence-corrected chi connectivity index (χ2v) is 10.5. The van der Waals surface area contributed by atoms with Crippen LogP contribution in [0.2, 0.25) is 0 Å². The van der Waals surface area contributed by atoms with Gasteiger partial charge in [0, 0.05) is 72.3 Å². The number of anilines is 2. The largest absolute Gasteiger partial charge is 0.481 e. The summed E-state index contributed by atoms with van der Waals surface area (Å²) in [6.45, 7) is 5.65. The first-order valence-electron chi connectivity index (χ1n) is 12.4. The van der Waals surface area contributed by atoms with Gasteiger partial charge in [0.05, 0.1) is 12.0 Å². The van der Waals surface area contributed by atoms with Gasteiger partial charge in [-0.2, -0.15) is 0 Å². The zero-order chi connectivity index (χ0) is 24.6. The zero-order valence-electron chi connectivity index (χ0n) is 19.9. The number of ether oxygens (including phenoxy) is 2. The van der Waals surface area contributed by atoms with Crippen LogP contribution in [0.1, 0.15) is 40.4 Å². The van der Waals surface area contributed by atoms with Gasteiger partial charge in [-0.1, -0.05) is 25.1 Å². The lowest BCUT2D eigenvalue weighted by Crippen LogP contribution is -2.47. The van der Waals surface area contributed by atoms with Crippen molar-refractivity contribution in [2.75, 3.05) is 36.0 Å². The molecule has 1 spiro atoms. The Balaban J connectivity index is 1.33. The number of nitrogens with zero attached hydrogens (tertiary/aromatic N) is 2. The number of esters is 1. The highest BCUT2D eigenvalue weighted by molar-refractivity contribution is 5.97. The van der Waals surface area contributed by atoms with Gasteiger partial charge in [0.25, 0.3) is 0 Å². The van der Waals surface area contributed by atoms with Crippen molar-refractivity contribution in [3.05, 3.63) is 82.9 Å². The van der Waals surface area contributed by atoms with Crippen LogP contribution in [0, 0.1) is 11.8 Å². The molecule has 36 heavy (non-hydrogen) atoms. The van der Waals surface area contributed by atoms with Crippen LogP contribution >= 0.6 is 0 Å². The summed E-state index contributed by atoms with van der Waals surface area (Å²) >= 11 is 0. The van der Waals surface area contributed by atoms with Crippen molar-refractivity contribution in [1.82, 2.24) is 0 Å². The standard InChI is InChI=1S/C29H26N2O5/c1-17-13-30(14-17)19-6-8-23-25(11-19)35-26-12-20(31-15-18(16-31)10-27(32)33)7-9-24(26)29(23)22-5-3-2-4-21(22)28(34)36-29/h2-9,11-12,17-18H,10,13-16H2,1H3,(H,32,33). The summed E-state index contributed by atoms with van der Waals surface area (Å²) in [5.41, 5.74) is 4.01. The summed E-state index contributed by atoms with van der Waals surface area (Å²) in [5.74, 6) is 1.06. The minimum absolute atomic E-state index is 0.149. The van der Waals surface area contributed by atoms with Crippen molar-refractivity contribution in [3.63, 3.8) is 0 Å². The van der Waals surface area contributed by atoms with Crippen molar-refractivity contribution in [2.45, 2.75) is 18.9 Å². The van der Waals surface area contributed by atoms with E-state index in [0.717, 1.165) is 41.2 Å². The van der Waals surface area contributed by atoms with Crippen LogP contribution in [-0.2, 0) is 15.1 Å². The number of carbonyl (C=O) groups is 2. The van der Waals surface area contributed by atoms with E-state index in [4.69, 9.17) is 14.6 Å². The summed E-state index contributed by atoms with van der Waals surface area (Å²) in [7, 11) is 0. The Morgan fingerprint density at radius 3 is 2.14 bits per heavy atom. The predicted molar refractivity (Wildman–Crippen MR) is 134 cm³/mol. The number of fused-ring (bicyclic) bond motifs is 6. The van der Waals surface area contributed by atoms with E-state index < -0.39 is 11.6 Å². The molecule has 0 aromatic heterocycles. The summed E-state index contributed by atoms with van der Waals surface area (Å²) in [5, 5.41) is 9.09. The third-order valence-corrected chi connectivity index (χ3v) is 7.90. The normalized spacial score (nSPS) is 22.2. The zero-order valence-corrected chi connectivity index (χ0v) is 19.9. The highest BCUT2D eigenvalue weighted by atomic mass is 16.6. The number of rotatable bonds is 4. The van der Waals surface area contributed by atoms with E-state index in [1.165, 1.54) is 0 Å². The molecule has 1 N–H and O–H groups in total. The fraction of sp³-hybridized carbons (Fsp3) is 0.310. The maximum absolute atomic E-state index is 13.1. The lowest BCUT2D eigenvalue weighted by atomic mass is 9.77. The highest BCUT2D eigenvalue weighted by Crippen LogP contribution is 2.57. The summed E-state index contributed by atoms with van der Waals surface area (Å²) in [6, 6.07) is 19.7. The minimum atomic E-state index is -1.07. The van der Waals surface area contributed by atoms with Gasteiger partial charge in [0.15, 0.2) is 5.60 Å². The molecule has 0 aliphatic carbocycles. The van der Waals surface area contributed by atoms with Crippen LogP contribution in [-0.4, -0.2) is 43.2 Å². The van der Waals surface area contributed by atoms with Crippen molar-refractivity contribution >= 4 is 23.3 Å². The van der Waals surface area contributed by atoms with Crippen LogP contribution in [0.4, 0.5) is 11.4 Å². The average molecular weight is 483 g/mol. The number of aliphatic carboxylic acids is 1. The fourth-order valence-corrected chi connectivity index (χ4v) is 6.11. The first-order valence-corrected chi connectivity index (χ1v) is 12.4. The number of benzene rings is 3. The molecule has 1 unspecified atom stereocenters. The maximum Gasteiger partial charge on any atom is 0.340 e. The summed E-state index contributed by atoms with van der Waals surface area (Å²) in [4.78, 5) is 28.6. The van der Waals surface area contributed by atoms with Crippen LogP contribution in [0.15, 0.2) is 60.7 Å². The van der Waals surface area contributed by atoms with E-state index in [0.29, 0.717) is 36.1 Å². The van der Waals surface area contributed by atoms with Gasteiger partial charge in [-0.3, -0.25) is 4.79 Å². The Bertz CT molecular complexity index is 1420. The number of carboxylic acids is 1. The van der Waals surface area contributed by atoms with Gasteiger partial charge in [0.2, 0.25) is 0 Å². The molecule has 2 fully saturated rings. The van der Waals surface area contributed by atoms with Gasteiger partial charge in [-0.05, 0) is 36.2 Å². The van der Waals surface area contributed by atoms with E-state index in [-0.39, 0.29) is 18.3 Å². The lowest BCUT2D eigenvalue weighted by Gasteiger charge is -2.42. The predicted octanol–water partition coefficient (Wildman–Crippen LogP) is 4.62. The van der Waals surface area contributed by atoms with Crippen LogP contribution in [0.3, 0.4) is 0 Å². The molecule has 4 heterocycles. The monoisotopic (exact) mass is 482 g/mol. The second kappa shape index (κ2) is 7.50. The molecule has 2 saturated heterocycles. The van der Waals surface area contributed by atoms with Gasteiger partial charge >= 0.3 is 11.9 Å². The molecular formula is C29H26N2O5. The Kier molecular flexibility index (Phi) is 4.44. The maximum atomic E-state index is 13.1. The number of hydrogen-bond donors (Lipinski definition) is 1. The van der Waals surface area contributed by atoms with Gasteiger partial charge in [0.1, 0.15) is 11.5 Å². The van der Waals surface area contributed by atoms with E-state index in [1.54, 1.807) is 0 Å². The Labute approximate surface area is 208 Å². The summed E-state index contributed by atoms with van der Waals surface area (Å²) < 4.78 is 12.8. The average Bonchev–Trinajstić information content (AvgIpc) is 3.11. The molecule has 0 saturated carbocycles. The fourth-order valence-electron chi connectivity index (χ4n) is 6.11. The van der Waals surface area contributed by atoms with Crippen LogP contribution in [0.25, 0.3) is 0 Å². The molecule has 0 amide bonds. The molecule has 1 atom stereocenters. The highest BCUT2D eigenvalue weighted by Gasteiger charge is 2.53. The number of hydrogen-bond acceptors (Lipinski definition) is 6. The minimum Gasteiger partial charge on any atom is -0.481 e. The lowest BCUT2D eigenvalue weighted by molar-refractivity contribution is -0.138. The number of carboxylic acid groups (broad SMARTS) is 1. The van der Waals surface area contributed by atoms with Crippen molar-refractivity contribution in [2.24, 2.45) is 11.8 Å². The number of carbonyl (C=O) groups excluding carboxylic acids is 1. The van der Waals surface area contributed by atoms with Crippen LogP contribution < -0.4 is 14.5 Å². The van der Waals surface area contributed by atoms with Crippen LogP contribution in [0.5, 0.6) is 11.5 Å². The third-order valence-electron chi connectivity index (χ3n) is 7.90. The van der Waals surface area contributed by atoms with Gasteiger partial charge < -0.3 is 24.4 Å². The molecule has 182 valence electrons. The summed E-state index contributed by atoms with van der Waals surface area (Å²) in [6.07, 6.45) is 0.180. The first-order chi connectivity index (χ1) is 17.4. The molecule has 3 aromatic carbocycles. The first kappa shape index (κ1) is 21.3.